The number of halogens is 2. The normalized spacial score (nSPS) is 12.1. The van der Waals surface area contributed by atoms with Crippen LogP contribution in [-0.2, 0) is 0 Å². The van der Waals surface area contributed by atoms with Crippen LogP contribution in [0.25, 0.3) is 0 Å². The van der Waals surface area contributed by atoms with E-state index in [1.54, 1.807) is 20.3 Å². The highest BCUT2D eigenvalue weighted by Gasteiger charge is 2.19. The Balaban J connectivity index is 2.50. The largest absolute Gasteiger partial charge is 0.493 e. The van der Waals surface area contributed by atoms with Crippen LogP contribution in [0.15, 0.2) is 30.3 Å². The molecule has 0 saturated carbocycles. The molecule has 0 aliphatic rings. The van der Waals surface area contributed by atoms with Crippen LogP contribution < -0.4 is 9.47 Å². The maximum absolute atomic E-state index is 6.40. The third-order valence-electron chi connectivity index (χ3n) is 3.47. The molecule has 2 aromatic rings. The molecule has 0 aliphatic carbocycles. The highest BCUT2D eigenvalue weighted by atomic mass is 79.9. The van der Waals surface area contributed by atoms with Gasteiger partial charge in [0.1, 0.15) is 0 Å². The number of hydrogen-bond donors (Lipinski definition) is 0. The van der Waals surface area contributed by atoms with Crippen molar-refractivity contribution >= 4 is 27.5 Å². The zero-order valence-corrected chi connectivity index (χ0v) is 14.9. The summed E-state index contributed by atoms with van der Waals surface area (Å²) in [4.78, 5) is 0.00501. The van der Waals surface area contributed by atoms with Gasteiger partial charge in [-0.2, -0.15) is 0 Å². The molecule has 2 nitrogen and oxygen atoms in total. The second-order valence-corrected chi connectivity index (χ2v) is 6.27. The second kappa shape index (κ2) is 6.71. The molecule has 2 rings (SSSR count). The maximum Gasteiger partial charge on any atom is 0.162 e. The summed E-state index contributed by atoms with van der Waals surface area (Å²) in [6, 6.07) is 10.1. The molecule has 4 heteroatoms. The molecular formula is C17H18BrClO2. The Hall–Kier alpha value is -1.19. The van der Waals surface area contributed by atoms with Gasteiger partial charge in [-0.3, -0.25) is 0 Å². The smallest absolute Gasteiger partial charge is 0.162 e. The Morgan fingerprint density at radius 3 is 2.14 bits per heavy atom. The lowest BCUT2D eigenvalue weighted by Gasteiger charge is -2.18. The molecule has 0 heterocycles. The van der Waals surface area contributed by atoms with Gasteiger partial charge in [-0.1, -0.05) is 51.3 Å². The Morgan fingerprint density at radius 1 is 0.952 bits per heavy atom. The summed E-state index contributed by atoms with van der Waals surface area (Å²) in [7, 11) is 3.22. The molecule has 0 spiro atoms. The van der Waals surface area contributed by atoms with Crippen LogP contribution in [-0.4, -0.2) is 14.2 Å². The van der Waals surface area contributed by atoms with Crippen molar-refractivity contribution in [2.45, 2.75) is 18.7 Å². The molecule has 0 bridgehead atoms. The summed E-state index contributed by atoms with van der Waals surface area (Å²) in [6.07, 6.45) is 0. The Bertz CT molecular complexity index is 655. The lowest BCUT2D eigenvalue weighted by Crippen LogP contribution is -1.99. The van der Waals surface area contributed by atoms with Crippen molar-refractivity contribution in [3.8, 4) is 11.5 Å². The van der Waals surface area contributed by atoms with Crippen LogP contribution in [0.1, 0.15) is 27.1 Å². The van der Waals surface area contributed by atoms with E-state index in [4.69, 9.17) is 21.1 Å². The van der Waals surface area contributed by atoms with E-state index in [9.17, 15) is 0 Å². The zero-order valence-electron chi connectivity index (χ0n) is 12.5. The van der Waals surface area contributed by atoms with Gasteiger partial charge >= 0.3 is 0 Å². The lowest BCUT2D eigenvalue weighted by molar-refractivity contribution is 0.354. The van der Waals surface area contributed by atoms with Gasteiger partial charge in [0.05, 0.1) is 19.0 Å². The highest BCUT2D eigenvalue weighted by Crippen LogP contribution is 2.42. The van der Waals surface area contributed by atoms with Crippen molar-refractivity contribution in [3.63, 3.8) is 0 Å². The molecule has 0 aromatic heterocycles. The van der Waals surface area contributed by atoms with Crippen molar-refractivity contribution < 1.29 is 9.47 Å². The van der Waals surface area contributed by atoms with E-state index in [-0.39, 0.29) is 4.83 Å². The summed E-state index contributed by atoms with van der Waals surface area (Å²) in [5.74, 6) is 1.30. The van der Waals surface area contributed by atoms with E-state index >= 15 is 0 Å². The fourth-order valence-corrected chi connectivity index (χ4v) is 3.63. The molecule has 2 aromatic carbocycles. The standard InChI is InChI=1S/C17H18BrClO2/c1-10-5-6-12(11(2)7-10)17(18)13-8-15(20-3)16(21-4)9-14(13)19/h5-9,17H,1-4H3. The van der Waals surface area contributed by atoms with Gasteiger partial charge in [0, 0.05) is 11.1 Å². The molecule has 112 valence electrons. The number of ether oxygens (including phenoxy) is 2. The summed E-state index contributed by atoms with van der Waals surface area (Å²) < 4.78 is 10.6. The second-order valence-electron chi connectivity index (χ2n) is 4.95. The minimum absolute atomic E-state index is 0.00501. The summed E-state index contributed by atoms with van der Waals surface area (Å²) in [5.41, 5.74) is 4.62. The monoisotopic (exact) mass is 368 g/mol. The van der Waals surface area contributed by atoms with E-state index < -0.39 is 0 Å². The molecule has 0 aliphatic heterocycles. The van der Waals surface area contributed by atoms with Gasteiger partial charge in [0.25, 0.3) is 0 Å². The minimum atomic E-state index is 0.00501. The number of benzene rings is 2. The van der Waals surface area contributed by atoms with Crippen molar-refractivity contribution in [1.82, 2.24) is 0 Å². The van der Waals surface area contributed by atoms with E-state index in [0.29, 0.717) is 16.5 Å². The molecule has 1 atom stereocenters. The molecule has 0 radical (unpaired) electrons. The molecule has 0 N–H and O–H groups in total. The van der Waals surface area contributed by atoms with E-state index in [1.165, 1.54) is 16.7 Å². The maximum atomic E-state index is 6.40. The molecule has 0 amide bonds. The Labute approximate surface area is 139 Å². The van der Waals surface area contributed by atoms with E-state index in [2.05, 4.69) is 48.0 Å². The summed E-state index contributed by atoms with van der Waals surface area (Å²) in [5, 5.41) is 0.648. The van der Waals surface area contributed by atoms with Gasteiger partial charge < -0.3 is 9.47 Å². The molecule has 0 fully saturated rings. The predicted octanol–water partition coefficient (Wildman–Crippen LogP) is 5.46. The Morgan fingerprint density at radius 2 is 1.57 bits per heavy atom. The third kappa shape index (κ3) is 3.35. The topological polar surface area (TPSA) is 18.5 Å². The Kier molecular flexibility index (Phi) is 5.17. The first-order valence-corrected chi connectivity index (χ1v) is 7.90. The lowest BCUT2D eigenvalue weighted by atomic mass is 9.98. The number of hydrogen-bond acceptors (Lipinski definition) is 2. The first-order chi connectivity index (χ1) is 9.97. The van der Waals surface area contributed by atoms with Crippen LogP contribution in [0.5, 0.6) is 11.5 Å². The average Bonchev–Trinajstić information content (AvgIpc) is 2.46. The van der Waals surface area contributed by atoms with Gasteiger partial charge in [-0.05, 0) is 36.6 Å². The van der Waals surface area contributed by atoms with Crippen LogP contribution in [0.3, 0.4) is 0 Å². The zero-order chi connectivity index (χ0) is 15.6. The third-order valence-corrected chi connectivity index (χ3v) is 4.79. The number of rotatable bonds is 4. The number of methoxy groups -OCH3 is 2. The quantitative estimate of drug-likeness (QED) is 0.666. The average molecular weight is 370 g/mol. The van der Waals surface area contributed by atoms with E-state index in [0.717, 1.165) is 5.56 Å². The van der Waals surface area contributed by atoms with Crippen molar-refractivity contribution in [1.29, 1.82) is 0 Å². The van der Waals surface area contributed by atoms with Crippen molar-refractivity contribution in [3.05, 3.63) is 57.6 Å². The fraction of sp³-hybridized carbons (Fsp3) is 0.294. The summed E-state index contributed by atoms with van der Waals surface area (Å²) >= 11 is 10.1. The van der Waals surface area contributed by atoms with Crippen LogP contribution in [0.4, 0.5) is 0 Å². The van der Waals surface area contributed by atoms with Crippen molar-refractivity contribution in [2.24, 2.45) is 0 Å². The van der Waals surface area contributed by atoms with Crippen molar-refractivity contribution in [2.75, 3.05) is 14.2 Å². The SMILES string of the molecule is COc1cc(Cl)c(C(Br)c2ccc(C)cc2C)cc1OC. The molecular weight excluding hydrogens is 352 g/mol. The van der Waals surface area contributed by atoms with Gasteiger partial charge in [0.2, 0.25) is 0 Å². The molecule has 1 unspecified atom stereocenters. The van der Waals surface area contributed by atoms with E-state index in [1.807, 2.05) is 6.07 Å². The molecule has 0 saturated heterocycles. The number of aryl methyl sites for hydroxylation is 2. The van der Waals surface area contributed by atoms with Gasteiger partial charge in [-0.25, -0.2) is 0 Å². The molecule has 21 heavy (non-hydrogen) atoms. The fourth-order valence-electron chi connectivity index (χ4n) is 2.34. The van der Waals surface area contributed by atoms with Gasteiger partial charge in [0.15, 0.2) is 11.5 Å². The van der Waals surface area contributed by atoms with Crippen LogP contribution >= 0.6 is 27.5 Å². The van der Waals surface area contributed by atoms with Crippen LogP contribution in [0, 0.1) is 13.8 Å². The first kappa shape index (κ1) is 16.2. The summed E-state index contributed by atoms with van der Waals surface area (Å²) in [6.45, 7) is 4.19. The minimum Gasteiger partial charge on any atom is -0.493 e. The predicted molar refractivity (Wildman–Crippen MR) is 91.2 cm³/mol. The highest BCUT2D eigenvalue weighted by molar-refractivity contribution is 9.09. The van der Waals surface area contributed by atoms with Crippen LogP contribution in [0.2, 0.25) is 5.02 Å². The first-order valence-electron chi connectivity index (χ1n) is 6.60. The number of alkyl halides is 1. The van der Waals surface area contributed by atoms with Gasteiger partial charge in [-0.15, -0.1) is 0 Å².